The number of nitrogens with zero attached hydrogens (tertiary/aromatic N) is 1. The molecule has 0 radical (unpaired) electrons. The highest BCUT2D eigenvalue weighted by atomic mass is 16.5. The monoisotopic (exact) mass is 327 g/mol. The second-order valence-corrected chi connectivity index (χ2v) is 5.92. The van der Waals surface area contributed by atoms with Gasteiger partial charge in [0, 0.05) is 18.7 Å². The number of hydrogen-bond donors (Lipinski definition) is 0. The van der Waals surface area contributed by atoms with Gasteiger partial charge in [-0.05, 0) is 23.3 Å². The van der Waals surface area contributed by atoms with E-state index in [1.165, 1.54) is 6.08 Å². The maximum atomic E-state index is 12.6. The minimum atomic E-state index is -0.0748. The molecule has 1 heterocycles. The Labute approximate surface area is 146 Å². The fourth-order valence-corrected chi connectivity index (χ4v) is 2.90. The average Bonchev–Trinajstić information content (AvgIpc) is 2.98. The molecule has 3 aromatic rings. The summed E-state index contributed by atoms with van der Waals surface area (Å²) >= 11 is 0. The highest BCUT2D eigenvalue weighted by molar-refractivity contribution is 6.05. The normalized spacial score (nSPS) is 14.3. The number of allylic oxidation sites excluding steroid dienone is 1. The summed E-state index contributed by atoms with van der Waals surface area (Å²) in [6.45, 7) is 0. The van der Waals surface area contributed by atoms with Crippen molar-refractivity contribution in [3.63, 3.8) is 0 Å². The van der Waals surface area contributed by atoms with Crippen LogP contribution in [0.25, 0.3) is 11.1 Å². The smallest absolute Gasteiger partial charge is 0.204 e. The van der Waals surface area contributed by atoms with E-state index in [1.807, 2.05) is 78.7 Å². The predicted molar refractivity (Wildman–Crippen MR) is 99.8 cm³/mol. The SMILES string of the molecule is CN1C(=CC(=O)c2ccc(-c3ccccc3)cc2)Oc2ccccc21. The summed E-state index contributed by atoms with van der Waals surface area (Å²) in [6, 6.07) is 25.5. The number of anilines is 1. The van der Waals surface area contributed by atoms with Crippen LogP contribution in [0.3, 0.4) is 0 Å². The van der Waals surface area contributed by atoms with Gasteiger partial charge in [0.25, 0.3) is 0 Å². The number of rotatable bonds is 3. The van der Waals surface area contributed by atoms with E-state index in [2.05, 4.69) is 12.1 Å². The zero-order chi connectivity index (χ0) is 17.2. The van der Waals surface area contributed by atoms with Crippen molar-refractivity contribution in [2.75, 3.05) is 11.9 Å². The molecule has 0 aliphatic carbocycles. The molecule has 25 heavy (non-hydrogen) atoms. The van der Waals surface area contributed by atoms with E-state index in [9.17, 15) is 4.79 Å². The molecule has 0 unspecified atom stereocenters. The molecule has 0 atom stereocenters. The predicted octanol–water partition coefficient (Wildman–Crippen LogP) is 4.91. The summed E-state index contributed by atoms with van der Waals surface area (Å²) in [5.74, 6) is 1.23. The van der Waals surface area contributed by atoms with Gasteiger partial charge in [0.1, 0.15) is 0 Å². The summed E-state index contributed by atoms with van der Waals surface area (Å²) < 4.78 is 5.77. The topological polar surface area (TPSA) is 29.5 Å². The number of para-hydroxylation sites is 2. The summed E-state index contributed by atoms with van der Waals surface area (Å²) in [6.07, 6.45) is 1.54. The van der Waals surface area contributed by atoms with Crippen molar-refractivity contribution >= 4 is 11.5 Å². The quantitative estimate of drug-likeness (QED) is 0.506. The zero-order valence-electron chi connectivity index (χ0n) is 13.8. The number of ether oxygens (including phenoxy) is 1. The van der Waals surface area contributed by atoms with Gasteiger partial charge in [0.05, 0.1) is 5.69 Å². The van der Waals surface area contributed by atoms with Crippen molar-refractivity contribution in [3.05, 3.63) is 96.4 Å². The van der Waals surface area contributed by atoms with Gasteiger partial charge >= 0.3 is 0 Å². The van der Waals surface area contributed by atoms with Crippen LogP contribution in [0.4, 0.5) is 5.69 Å². The molecule has 0 spiro atoms. The van der Waals surface area contributed by atoms with Gasteiger partial charge in [-0.3, -0.25) is 4.79 Å². The number of benzene rings is 3. The molecule has 0 saturated carbocycles. The molecule has 0 amide bonds. The highest BCUT2D eigenvalue weighted by Crippen LogP contribution is 2.37. The first-order valence-corrected chi connectivity index (χ1v) is 8.14. The standard InChI is InChI=1S/C22H17NO2/c1-23-19-9-5-6-10-21(19)25-22(23)15-20(24)18-13-11-17(12-14-18)16-7-3-2-4-8-16/h2-15H,1H3. The second kappa shape index (κ2) is 6.29. The summed E-state index contributed by atoms with van der Waals surface area (Å²) in [4.78, 5) is 14.4. The average molecular weight is 327 g/mol. The van der Waals surface area contributed by atoms with Crippen LogP contribution in [0.15, 0.2) is 90.8 Å². The highest BCUT2D eigenvalue weighted by Gasteiger charge is 2.23. The van der Waals surface area contributed by atoms with Gasteiger partial charge in [-0.15, -0.1) is 0 Å². The number of hydrogen-bond acceptors (Lipinski definition) is 3. The van der Waals surface area contributed by atoms with Crippen LogP contribution in [-0.2, 0) is 0 Å². The summed E-state index contributed by atoms with van der Waals surface area (Å²) in [5, 5.41) is 0. The summed E-state index contributed by atoms with van der Waals surface area (Å²) in [5.41, 5.74) is 3.82. The lowest BCUT2D eigenvalue weighted by Gasteiger charge is -2.10. The van der Waals surface area contributed by atoms with E-state index >= 15 is 0 Å². The van der Waals surface area contributed by atoms with E-state index in [1.54, 1.807) is 0 Å². The Bertz CT molecular complexity index is 943. The maximum absolute atomic E-state index is 12.6. The van der Waals surface area contributed by atoms with Crippen molar-refractivity contribution in [1.29, 1.82) is 0 Å². The lowest BCUT2D eigenvalue weighted by Crippen LogP contribution is -2.15. The second-order valence-electron chi connectivity index (χ2n) is 5.92. The number of fused-ring (bicyclic) bond motifs is 1. The van der Waals surface area contributed by atoms with Crippen LogP contribution < -0.4 is 9.64 Å². The third-order valence-corrected chi connectivity index (χ3v) is 4.30. The van der Waals surface area contributed by atoms with E-state index in [0.717, 1.165) is 22.6 Å². The van der Waals surface area contributed by atoms with Crippen molar-refractivity contribution in [2.45, 2.75) is 0 Å². The first-order valence-electron chi connectivity index (χ1n) is 8.14. The third kappa shape index (κ3) is 2.92. The van der Waals surface area contributed by atoms with Crippen molar-refractivity contribution in [1.82, 2.24) is 0 Å². The van der Waals surface area contributed by atoms with Gasteiger partial charge in [-0.2, -0.15) is 0 Å². The fourth-order valence-electron chi connectivity index (χ4n) is 2.90. The zero-order valence-corrected chi connectivity index (χ0v) is 13.8. The van der Waals surface area contributed by atoms with Crippen LogP contribution >= 0.6 is 0 Å². The van der Waals surface area contributed by atoms with Crippen LogP contribution in [0.1, 0.15) is 10.4 Å². The van der Waals surface area contributed by atoms with Crippen LogP contribution in [0.5, 0.6) is 5.75 Å². The van der Waals surface area contributed by atoms with Crippen LogP contribution in [-0.4, -0.2) is 12.8 Å². The molecule has 3 aromatic carbocycles. The van der Waals surface area contributed by atoms with Crippen molar-refractivity contribution < 1.29 is 9.53 Å². The Morgan fingerprint density at radius 3 is 2.20 bits per heavy atom. The lowest BCUT2D eigenvalue weighted by molar-refractivity contribution is 0.104. The van der Waals surface area contributed by atoms with Gasteiger partial charge in [0.15, 0.2) is 11.5 Å². The van der Waals surface area contributed by atoms with Crippen molar-refractivity contribution in [3.8, 4) is 16.9 Å². The Balaban J connectivity index is 1.56. The molecule has 0 saturated heterocycles. The van der Waals surface area contributed by atoms with Gasteiger partial charge in [0.2, 0.25) is 5.88 Å². The third-order valence-electron chi connectivity index (χ3n) is 4.30. The van der Waals surface area contributed by atoms with Crippen molar-refractivity contribution in [2.24, 2.45) is 0 Å². The van der Waals surface area contributed by atoms with Crippen LogP contribution in [0, 0.1) is 0 Å². The van der Waals surface area contributed by atoms with E-state index in [4.69, 9.17) is 4.74 Å². The van der Waals surface area contributed by atoms with E-state index < -0.39 is 0 Å². The number of ketones is 1. The molecule has 3 nitrogen and oxygen atoms in total. The first-order chi connectivity index (χ1) is 12.2. The Kier molecular flexibility index (Phi) is 3.82. The molecule has 3 heteroatoms. The van der Waals surface area contributed by atoms with Gasteiger partial charge in [-0.25, -0.2) is 0 Å². The molecule has 4 rings (SSSR count). The minimum absolute atomic E-state index is 0.0748. The largest absolute Gasteiger partial charge is 0.438 e. The van der Waals surface area contributed by atoms with E-state index in [0.29, 0.717) is 11.4 Å². The molecule has 122 valence electrons. The Morgan fingerprint density at radius 2 is 1.48 bits per heavy atom. The molecular weight excluding hydrogens is 310 g/mol. The number of carbonyl (C=O) groups excluding carboxylic acids is 1. The molecule has 1 aliphatic rings. The maximum Gasteiger partial charge on any atom is 0.204 e. The molecular formula is C22H17NO2. The Hall–Kier alpha value is -3.33. The lowest BCUT2D eigenvalue weighted by atomic mass is 10.0. The van der Waals surface area contributed by atoms with Gasteiger partial charge < -0.3 is 9.64 Å². The van der Waals surface area contributed by atoms with Gasteiger partial charge in [-0.1, -0.05) is 66.7 Å². The summed E-state index contributed by atoms with van der Waals surface area (Å²) in [7, 11) is 1.89. The number of carbonyl (C=O) groups is 1. The van der Waals surface area contributed by atoms with E-state index in [-0.39, 0.29) is 5.78 Å². The molecule has 0 fully saturated rings. The molecule has 0 bridgehead atoms. The molecule has 1 aliphatic heterocycles. The fraction of sp³-hybridized carbons (Fsp3) is 0.0455. The minimum Gasteiger partial charge on any atom is -0.438 e. The molecule has 0 N–H and O–H groups in total. The first kappa shape index (κ1) is 15.2. The Morgan fingerprint density at radius 1 is 0.840 bits per heavy atom. The van der Waals surface area contributed by atoms with Crippen LogP contribution in [0.2, 0.25) is 0 Å². The molecule has 0 aromatic heterocycles.